The summed E-state index contributed by atoms with van der Waals surface area (Å²) in [6, 6.07) is 8.94. The molecule has 0 unspecified atom stereocenters. The van der Waals surface area contributed by atoms with E-state index in [0.717, 1.165) is 25.2 Å². The van der Waals surface area contributed by atoms with E-state index in [4.69, 9.17) is 5.26 Å². The molecule has 1 amide bonds. The Morgan fingerprint density at radius 2 is 2.00 bits per heavy atom. The van der Waals surface area contributed by atoms with Crippen LogP contribution in [0.1, 0.15) is 31.7 Å². The van der Waals surface area contributed by atoms with E-state index in [-0.39, 0.29) is 5.91 Å². The summed E-state index contributed by atoms with van der Waals surface area (Å²) >= 11 is 0. The van der Waals surface area contributed by atoms with Gasteiger partial charge in [0.2, 0.25) is 5.91 Å². The lowest BCUT2D eigenvalue weighted by Gasteiger charge is -2.15. The minimum atomic E-state index is 0.00746. The van der Waals surface area contributed by atoms with Crippen LogP contribution in [0.3, 0.4) is 0 Å². The number of amides is 1. The number of hydrogen-bond acceptors (Lipinski definition) is 3. The summed E-state index contributed by atoms with van der Waals surface area (Å²) in [6.07, 6.45) is 2.82. The van der Waals surface area contributed by atoms with Gasteiger partial charge in [0.25, 0.3) is 0 Å². The number of carbonyl (C=O) groups is 1. The molecule has 0 bridgehead atoms. The first kappa shape index (κ1) is 15.2. The molecular formula is C15H21N3O. The van der Waals surface area contributed by atoms with Crippen LogP contribution >= 0.6 is 0 Å². The van der Waals surface area contributed by atoms with E-state index in [2.05, 4.69) is 17.1 Å². The molecule has 0 atom stereocenters. The average Bonchev–Trinajstić information content (AvgIpc) is 2.43. The van der Waals surface area contributed by atoms with Crippen molar-refractivity contribution < 1.29 is 4.79 Å². The maximum Gasteiger partial charge on any atom is 0.225 e. The van der Waals surface area contributed by atoms with E-state index in [1.54, 1.807) is 24.3 Å². The average molecular weight is 259 g/mol. The summed E-state index contributed by atoms with van der Waals surface area (Å²) in [5, 5.41) is 11.5. The molecule has 0 aromatic heterocycles. The lowest BCUT2D eigenvalue weighted by molar-refractivity contribution is -0.116. The highest BCUT2D eigenvalue weighted by Gasteiger charge is 2.05. The van der Waals surface area contributed by atoms with Crippen molar-refractivity contribution in [2.24, 2.45) is 0 Å². The van der Waals surface area contributed by atoms with Crippen LogP contribution in [0.2, 0.25) is 0 Å². The molecule has 1 aromatic rings. The second-order valence-electron chi connectivity index (χ2n) is 4.64. The molecule has 0 fully saturated rings. The van der Waals surface area contributed by atoms with Crippen molar-refractivity contribution in [3.8, 4) is 6.07 Å². The molecular weight excluding hydrogens is 238 g/mol. The van der Waals surface area contributed by atoms with Crippen LogP contribution in [0, 0.1) is 11.3 Å². The summed E-state index contributed by atoms with van der Waals surface area (Å²) in [5.74, 6) is 0.00746. The Hall–Kier alpha value is -1.86. The number of carbonyl (C=O) groups excluding carboxylic acids is 1. The van der Waals surface area contributed by atoms with Gasteiger partial charge in [-0.15, -0.1) is 0 Å². The van der Waals surface area contributed by atoms with E-state index in [9.17, 15) is 4.79 Å². The van der Waals surface area contributed by atoms with Gasteiger partial charge in [-0.1, -0.05) is 13.3 Å². The lowest BCUT2D eigenvalue weighted by atomic mass is 10.2. The van der Waals surface area contributed by atoms with Gasteiger partial charge in [0.1, 0.15) is 0 Å². The monoisotopic (exact) mass is 259 g/mol. The molecule has 0 saturated carbocycles. The van der Waals surface area contributed by atoms with Crippen molar-refractivity contribution in [1.82, 2.24) is 4.90 Å². The van der Waals surface area contributed by atoms with Gasteiger partial charge in [0.05, 0.1) is 11.6 Å². The zero-order valence-corrected chi connectivity index (χ0v) is 11.6. The zero-order chi connectivity index (χ0) is 14.1. The fourth-order valence-corrected chi connectivity index (χ4v) is 1.68. The van der Waals surface area contributed by atoms with E-state index >= 15 is 0 Å². The fourth-order valence-electron chi connectivity index (χ4n) is 1.68. The minimum absolute atomic E-state index is 0.00746. The SMILES string of the molecule is CCCCN(C)CCC(=O)Nc1ccc(C#N)cc1. The number of nitrogens with one attached hydrogen (secondary N) is 1. The van der Waals surface area contributed by atoms with Crippen molar-refractivity contribution in [2.75, 3.05) is 25.5 Å². The molecule has 1 aromatic carbocycles. The summed E-state index contributed by atoms with van der Waals surface area (Å²) in [6.45, 7) is 3.95. The van der Waals surface area contributed by atoms with E-state index in [1.165, 1.54) is 6.42 Å². The Bertz CT molecular complexity index is 434. The third-order valence-electron chi connectivity index (χ3n) is 2.91. The third-order valence-corrected chi connectivity index (χ3v) is 2.91. The largest absolute Gasteiger partial charge is 0.326 e. The quantitative estimate of drug-likeness (QED) is 0.819. The lowest BCUT2D eigenvalue weighted by Crippen LogP contribution is -2.25. The van der Waals surface area contributed by atoms with E-state index < -0.39 is 0 Å². The Kier molecular flexibility index (Phi) is 6.62. The number of benzene rings is 1. The highest BCUT2D eigenvalue weighted by Crippen LogP contribution is 2.09. The van der Waals surface area contributed by atoms with Gasteiger partial charge in [-0.25, -0.2) is 0 Å². The number of rotatable bonds is 7. The first-order chi connectivity index (χ1) is 9.15. The summed E-state index contributed by atoms with van der Waals surface area (Å²) < 4.78 is 0. The van der Waals surface area contributed by atoms with Gasteiger partial charge >= 0.3 is 0 Å². The van der Waals surface area contributed by atoms with Gasteiger partial charge in [-0.2, -0.15) is 5.26 Å². The second-order valence-corrected chi connectivity index (χ2v) is 4.64. The second kappa shape index (κ2) is 8.28. The minimum Gasteiger partial charge on any atom is -0.326 e. The van der Waals surface area contributed by atoms with Crippen molar-refractivity contribution in [1.29, 1.82) is 5.26 Å². The van der Waals surface area contributed by atoms with Crippen molar-refractivity contribution >= 4 is 11.6 Å². The van der Waals surface area contributed by atoms with Crippen LogP contribution in [-0.4, -0.2) is 30.9 Å². The molecule has 0 aliphatic rings. The number of nitriles is 1. The smallest absolute Gasteiger partial charge is 0.225 e. The van der Waals surface area contributed by atoms with Crippen LogP contribution < -0.4 is 5.32 Å². The number of unbranched alkanes of at least 4 members (excludes halogenated alkanes) is 1. The maximum atomic E-state index is 11.7. The van der Waals surface area contributed by atoms with Gasteiger partial charge in [0, 0.05) is 18.7 Å². The van der Waals surface area contributed by atoms with Crippen LogP contribution in [0.4, 0.5) is 5.69 Å². The standard InChI is InChI=1S/C15H21N3O/c1-3-4-10-18(2)11-9-15(19)17-14-7-5-13(12-16)6-8-14/h5-8H,3-4,9-11H2,1-2H3,(H,17,19). The molecule has 4 nitrogen and oxygen atoms in total. The van der Waals surface area contributed by atoms with Crippen LogP contribution in [0.25, 0.3) is 0 Å². The van der Waals surface area contributed by atoms with Crippen LogP contribution in [0.5, 0.6) is 0 Å². The van der Waals surface area contributed by atoms with Crippen molar-refractivity contribution in [3.63, 3.8) is 0 Å². The predicted octanol–water partition coefficient (Wildman–Crippen LogP) is 2.62. The number of hydrogen-bond donors (Lipinski definition) is 1. The molecule has 102 valence electrons. The molecule has 1 rings (SSSR count). The molecule has 19 heavy (non-hydrogen) atoms. The summed E-state index contributed by atoms with van der Waals surface area (Å²) in [5.41, 5.74) is 1.33. The Morgan fingerprint density at radius 3 is 2.58 bits per heavy atom. The molecule has 0 saturated heterocycles. The predicted molar refractivity (Wildman–Crippen MR) is 76.8 cm³/mol. The highest BCUT2D eigenvalue weighted by molar-refractivity contribution is 5.90. The molecule has 0 spiro atoms. The van der Waals surface area contributed by atoms with Gasteiger partial charge in [-0.3, -0.25) is 4.79 Å². The van der Waals surface area contributed by atoms with Gasteiger partial charge in [0.15, 0.2) is 0 Å². The Labute approximate surface area is 115 Å². The van der Waals surface area contributed by atoms with Crippen LogP contribution in [0.15, 0.2) is 24.3 Å². The van der Waals surface area contributed by atoms with Gasteiger partial charge in [-0.05, 0) is 44.3 Å². The van der Waals surface area contributed by atoms with Crippen molar-refractivity contribution in [3.05, 3.63) is 29.8 Å². The van der Waals surface area contributed by atoms with Crippen molar-refractivity contribution in [2.45, 2.75) is 26.2 Å². The van der Waals surface area contributed by atoms with E-state index in [0.29, 0.717) is 12.0 Å². The molecule has 0 heterocycles. The topological polar surface area (TPSA) is 56.1 Å². The zero-order valence-electron chi connectivity index (χ0n) is 11.6. The first-order valence-corrected chi connectivity index (χ1v) is 6.64. The molecule has 0 aliphatic carbocycles. The van der Waals surface area contributed by atoms with Gasteiger partial charge < -0.3 is 10.2 Å². The normalized spacial score (nSPS) is 10.2. The molecule has 0 aliphatic heterocycles. The number of nitrogens with zero attached hydrogens (tertiary/aromatic N) is 2. The fraction of sp³-hybridized carbons (Fsp3) is 0.467. The third kappa shape index (κ3) is 6.03. The molecule has 1 N–H and O–H groups in total. The Balaban J connectivity index is 2.32. The van der Waals surface area contributed by atoms with E-state index in [1.807, 2.05) is 13.1 Å². The maximum absolute atomic E-state index is 11.7. The number of anilines is 1. The highest BCUT2D eigenvalue weighted by atomic mass is 16.1. The molecule has 0 radical (unpaired) electrons. The summed E-state index contributed by atoms with van der Waals surface area (Å²) in [7, 11) is 2.03. The Morgan fingerprint density at radius 1 is 1.32 bits per heavy atom. The summed E-state index contributed by atoms with van der Waals surface area (Å²) in [4.78, 5) is 13.9. The molecule has 4 heteroatoms. The first-order valence-electron chi connectivity index (χ1n) is 6.64. The van der Waals surface area contributed by atoms with Crippen LogP contribution in [-0.2, 0) is 4.79 Å².